The first-order valence-electron chi connectivity index (χ1n) is 10.5. The number of aromatic hydroxyl groups is 1. The number of nitrogens with zero attached hydrogens (tertiary/aromatic N) is 3. The van der Waals surface area contributed by atoms with Gasteiger partial charge in [-0.2, -0.15) is 0 Å². The standard InChI is InChI=1S/C22H24ClFN4O4/c1-3-26-16-6-4-5-9-27(16)28-11-14(19(29)20(30)18(28)22(26)32)21(31)25-10-13-12(2)7-8-15(23)17(13)24/h7-8,11,16,30H,3-6,9-10H2,1-2H3,(H,25,31)/t16-/m0/s1. The number of nitrogens with one attached hydrogen (secondary N) is 1. The molecule has 32 heavy (non-hydrogen) atoms. The van der Waals surface area contributed by atoms with Gasteiger partial charge < -0.3 is 15.3 Å². The van der Waals surface area contributed by atoms with Gasteiger partial charge in [0, 0.05) is 31.4 Å². The number of pyridine rings is 1. The van der Waals surface area contributed by atoms with Crippen LogP contribution in [0.4, 0.5) is 4.39 Å². The molecule has 1 fully saturated rings. The molecule has 2 amide bonds. The van der Waals surface area contributed by atoms with Gasteiger partial charge in [0.15, 0.2) is 11.4 Å². The number of rotatable bonds is 4. The second-order valence-corrected chi connectivity index (χ2v) is 8.39. The van der Waals surface area contributed by atoms with Crippen LogP contribution >= 0.6 is 11.6 Å². The summed E-state index contributed by atoms with van der Waals surface area (Å²) in [4.78, 5) is 40.2. The molecule has 4 rings (SSSR count). The fourth-order valence-electron chi connectivity index (χ4n) is 4.42. The number of piperidine rings is 1. The summed E-state index contributed by atoms with van der Waals surface area (Å²) in [5, 5.41) is 14.9. The van der Waals surface area contributed by atoms with E-state index in [0.717, 1.165) is 19.3 Å². The van der Waals surface area contributed by atoms with Crippen LogP contribution in [0.1, 0.15) is 58.2 Å². The predicted octanol–water partition coefficient (Wildman–Crippen LogP) is 2.51. The van der Waals surface area contributed by atoms with E-state index in [1.807, 2.05) is 11.9 Å². The lowest BCUT2D eigenvalue weighted by atomic mass is 10.0. The predicted molar refractivity (Wildman–Crippen MR) is 117 cm³/mol. The summed E-state index contributed by atoms with van der Waals surface area (Å²) >= 11 is 5.83. The van der Waals surface area contributed by atoms with Gasteiger partial charge in [-0.15, -0.1) is 0 Å². The second kappa shape index (κ2) is 8.46. The largest absolute Gasteiger partial charge is 0.502 e. The van der Waals surface area contributed by atoms with Gasteiger partial charge in [-0.3, -0.25) is 24.1 Å². The summed E-state index contributed by atoms with van der Waals surface area (Å²) in [7, 11) is 0. The number of hydrogen-bond acceptors (Lipinski definition) is 5. The quantitative estimate of drug-likeness (QED) is 0.728. The third-order valence-corrected chi connectivity index (χ3v) is 6.44. The molecule has 0 saturated carbocycles. The van der Waals surface area contributed by atoms with Crippen molar-refractivity contribution in [3.8, 4) is 5.75 Å². The first-order chi connectivity index (χ1) is 15.3. The summed E-state index contributed by atoms with van der Waals surface area (Å²) in [5.41, 5.74) is -0.620. The van der Waals surface area contributed by atoms with Crippen molar-refractivity contribution in [2.75, 3.05) is 18.1 Å². The van der Waals surface area contributed by atoms with Crippen LogP contribution in [0.3, 0.4) is 0 Å². The number of amides is 2. The van der Waals surface area contributed by atoms with Crippen molar-refractivity contribution in [2.45, 2.75) is 45.8 Å². The third kappa shape index (κ3) is 3.50. The van der Waals surface area contributed by atoms with Crippen molar-refractivity contribution in [3.05, 3.63) is 61.8 Å². The van der Waals surface area contributed by atoms with Crippen LogP contribution in [0.15, 0.2) is 23.1 Å². The molecule has 0 unspecified atom stereocenters. The van der Waals surface area contributed by atoms with Gasteiger partial charge in [-0.05, 0) is 44.7 Å². The smallest absolute Gasteiger partial charge is 0.278 e. The van der Waals surface area contributed by atoms with Crippen LogP contribution in [0, 0.1) is 12.7 Å². The zero-order valence-corrected chi connectivity index (χ0v) is 18.6. The first kappa shape index (κ1) is 22.1. The first-order valence-corrected chi connectivity index (χ1v) is 10.9. The molecule has 0 radical (unpaired) electrons. The third-order valence-electron chi connectivity index (χ3n) is 6.15. The van der Waals surface area contributed by atoms with Crippen molar-refractivity contribution in [1.82, 2.24) is 14.9 Å². The Hall–Kier alpha value is -3.07. The van der Waals surface area contributed by atoms with E-state index in [1.54, 1.807) is 17.9 Å². The number of aryl methyl sites for hydroxylation is 1. The minimum atomic E-state index is -0.947. The monoisotopic (exact) mass is 462 g/mol. The molecule has 3 heterocycles. The molecule has 0 bridgehead atoms. The highest BCUT2D eigenvalue weighted by Crippen LogP contribution is 2.29. The Labute approximate surface area is 189 Å². The van der Waals surface area contributed by atoms with Gasteiger partial charge in [0.05, 0.1) is 5.02 Å². The van der Waals surface area contributed by atoms with Gasteiger partial charge in [0.25, 0.3) is 11.8 Å². The maximum absolute atomic E-state index is 14.3. The van der Waals surface area contributed by atoms with Gasteiger partial charge in [0.2, 0.25) is 5.43 Å². The Kier molecular flexibility index (Phi) is 5.85. The average molecular weight is 463 g/mol. The van der Waals surface area contributed by atoms with E-state index in [0.29, 0.717) is 18.7 Å². The van der Waals surface area contributed by atoms with Crippen molar-refractivity contribution in [1.29, 1.82) is 0 Å². The van der Waals surface area contributed by atoms with E-state index in [4.69, 9.17) is 11.6 Å². The summed E-state index contributed by atoms with van der Waals surface area (Å²) in [6.07, 6.45) is 3.65. The van der Waals surface area contributed by atoms with Crippen LogP contribution in [0.2, 0.25) is 5.02 Å². The molecular weight excluding hydrogens is 439 g/mol. The van der Waals surface area contributed by atoms with Crippen LogP contribution in [-0.2, 0) is 6.54 Å². The van der Waals surface area contributed by atoms with E-state index < -0.39 is 28.8 Å². The molecule has 8 nitrogen and oxygen atoms in total. The van der Waals surface area contributed by atoms with E-state index in [1.165, 1.54) is 16.9 Å². The second-order valence-electron chi connectivity index (χ2n) is 7.98. The summed E-state index contributed by atoms with van der Waals surface area (Å²) in [6.45, 7) is 4.38. The molecule has 1 aromatic carbocycles. The number of benzene rings is 1. The van der Waals surface area contributed by atoms with Crippen molar-refractivity contribution in [3.63, 3.8) is 0 Å². The van der Waals surface area contributed by atoms with Gasteiger partial charge >= 0.3 is 0 Å². The molecule has 2 aromatic rings. The van der Waals surface area contributed by atoms with Crippen molar-refractivity contribution < 1.29 is 19.1 Å². The van der Waals surface area contributed by atoms with Crippen LogP contribution in [-0.4, -0.2) is 45.8 Å². The highest BCUT2D eigenvalue weighted by molar-refractivity contribution is 6.30. The minimum absolute atomic E-state index is 0.0681. The Morgan fingerprint density at radius 1 is 1.31 bits per heavy atom. The van der Waals surface area contributed by atoms with Crippen LogP contribution in [0.25, 0.3) is 0 Å². The molecule has 0 aliphatic carbocycles. The zero-order chi connectivity index (χ0) is 23.2. The summed E-state index contributed by atoms with van der Waals surface area (Å²) < 4.78 is 15.8. The number of halogens is 2. The van der Waals surface area contributed by atoms with Gasteiger partial charge in [-0.1, -0.05) is 17.7 Å². The fourth-order valence-corrected chi connectivity index (χ4v) is 4.59. The lowest BCUT2D eigenvalue weighted by Crippen LogP contribution is -2.63. The molecule has 1 aromatic heterocycles. The Morgan fingerprint density at radius 3 is 2.78 bits per heavy atom. The lowest BCUT2D eigenvalue weighted by molar-refractivity contribution is 0.0534. The van der Waals surface area contributed by atoms with Crippen molar-refractivity contribution >= 4 is 23.4 Å². The average Bonchev–Trinajstić information content (AvgIpc) is 2.78. The van der Waals surface area contributed by atoms with Gasteiger partial charge in [0.1, 0.15) is 17.5 Å². The molecule has 2 aliphatic heterocycles. The molecule has 10 heteroatoms. The normalized spacial score (nSPS) is 17.8. The van der Waals surface area contributed by atoms with E-state index in [2.05, 4.69) is 5.32 Å². The Bertz CT molecular complexity index is 1170. The molecule has 1 atom stereocenters. The summed E-state index contributed by atoms with van der Waals surface area (Å²) in [5.74, 6) is -2.64. The minimum Gasteiger partial charge on any atom is -0.502 e. The topological polar surface area (TPSA) is 94.9 Å². The van der Waals surface area contributed by atoms with E-state index >= 15 is 0 Å². The van der Waals surface area contributed by atoms with E-state index in [9.17, 15) is 23.9 Å². The van der Waals surface area contributed by atoms with E-state index in [-0.39, 0.29) is 34.6 Å². The lowest BCUT2D eigenvalue weighted by Gasteiger charge is -2.48. The number of carbonyl (C=O) groups excluding carboxylic acids is 2. The summed E-state index contributed by atoms with van der Waals surface area (Å²) in [6, 6.07) is 3.06. The fraction of sp³-hybridized carbons (Fsp3) is 0.409. The molecule has 2 N–H and O–H groups in total. The van der Waals surface area contributed by atoms with Gasteiger partial charge in [-0.25, -0.2) is 4.39 Å². The van der Waals surface area contributed by atoms with Crippen molar-refractivity contribution in [2.24, 2.45) is 0 Å². The zero-order valence-electron chi connectivity index (χ0n) is 17.8. The molecule has 0 spiro atoms. The Morgan fingerprint density at radius 2 is 2.06 bits per heavy atom. The number of carbonyl (C=O) groups is 2. The maximum atomic E-state index is 14.3. The number of aromatic nitrogens is 1. The number of hydrogen-bond donors (Lipinski definition) is 2. The van der Waals surface area contributed by atoms with Crippen LogP contribution in [0.5, 0.6) is 5.75 Å². The Balaban J connectivity index is 1.71. The SMILES string of the molecule is CCN1C(=O)c2c(O)c(=O)c(C(=O)NCc3c(C)ccc(Cl)c3F)cn2N2CCCC[C@@H]12. The molecule has 170 valence electrons. The highest BCUT2D eigenvalue weighted by Gasteiger charge is 2.40. The number of fused-ring (bicyclic) bond motifs is 3. The molecular formula is C22H24ClFN4O4. The van der Waals surface area contributed by atoms with Crippen LogP contribution < -0.4 is 15.8 Å². The molecule has 2 aliphatic rings. The maximum Gasteiger partial charge on any atom is 0.278 e. The molecule has 1 saturated heterocycles. The highest BCUT2D eigenvalue weighted by atomic mass is 35.5.